The van der Waals surface area contributed by atoms with Crippen molar-refractivity contribution in [3.8, 4) is 0 Å². The third-order valence-corrected chi connectivity index (χ3v) is 4.76. The number of hydrogen-bond acceptors (Lipinski definition) is 5. The molecule has 0 atom stereocenters. The molecule has 0 spiro atoms. The molecule has 1 saturated heterocycles. The highest BCUT2D eigenvalue weighted by atomic mass is 32.1. The number of thiazole rings is 1. The Morgan fingerprint density at radius 2 is 1.87 bits per heavy atom. The van der Waals surface area contributed by atoms with E-state index >= 15 is 0 Å². The highest BCUT2D eigenvalue weighted by Gasteiger charge is 2.30. The highest BCUT2D eigenvalue weighted by molar-refractivity contribution is 7.15. The quantitative estimate of drug-likeness (QED) is 0.897. The number of carbonyl (C=O) groups excluding carboxylic acids is 2. The number of carbonyl (C=O) groups is 2. The molecule has 1 fully saturated rings. The first-order valence-electron chi connectivity index (χ1n) is 7.88. The number of hydrogen-bond donors (Lipinski definition) is 1. The van der Waals surface area contributed by atoms with Crippen molar-refractivity contribution in [1.82, 2.24) is 9.88 Å². The molecule has 0 unspecified atom stereocenters. The first kappa shape index (κ1) is 17.7. The van der Waals surface area contributed by atoms with Crippen LogP contribution >= 0.6 is 11.3 Å². The monoisotopic (exact) mass is 339 g/mol. The number of nitrogens with one attached hydrogen (secondary N) is 1. The average Bonchev–Trinajstić information content (AvgIpc) is 2.75. The van der Waals surface area contributed by atoms with Crippen LogP contribution in [-0.4, -0.2) is 40.6 Å². The van der Waals surface area contributed by atoms with Crippen LogP contribution in [0.5, 0.6) is 0 Å². The molecule has 1 aliphatic heterocycles. The van der Waals surface area contributed by atoms with E-state index in [1.165, 1.54) is 11.3 Å². The first-order chi connectivity index (χ1) is 10.7. The molecule has 6 nitrogen and oxygen atoms in total. The van der Waals surface area contributed by atoms with Crippen LogP contribution in [0.4, 0.5) is 9.93 Å². The molecule has 1 aromatic heterocycles. The molecule has 1 N–H and O–H groups in total. The van der Waals surface area contributed by atoms with Crippen LogP contribution in [0.25, 0.3) is 0 Å². The lowest BCUT2D eigenvalue weighted by Gasteiger charge is -2.32. The van der Waals surface area contributed by atoms with Gasteiger partial charge in [0, 0.05) is 23.9 Å². The van der Waals surface area contributed by atoms with Gasteiger partial charge in [-0.05, 0) is 47.5 Å². The molecule has 0 radical (unpaired) electrons. The Balaban J connectivity index is 1.84. The largest absolute Gasteiger partial charge is 0.444 e. The maximum absolute atomic E-state index is 12.3. The Labute approximate surface area is 141 Å². The minimum absolute atomic E-state index is 0.0115. The number of likely N-dealkylation sites (tertiary alicyclic amines) is 1. The standard InChI is InChI=1S/C16H25N3O3S/c1-10-11(2)23-14(17-10)18-13(20)12-6-8-19(9-7-12)15(21)22-16(3,4)5/h12H,6-9H2,1-5H3,(H,17,18,20). The van der Waals surface area contributed by atoms with E-state index in [4.69, 9.17) is 4.74 Å². The van der Waals surface area contributed by atoms with Crippen LogP contribution in [-0.2, 0) is 9.53 Å². The second kappa shape index (κ2) is 6.86. The van der Waals surface area contributed by atoms with Crippen molar-refractivity contribution in [3.05, 3.63) is 10.6 Å². The summed E-state index contributed by atoms with van der Waals surface area (Å²) >= 11 is 1.49. The third kappa shape index (κ3) is 4.92. The summed E-state index contributed by atoms with van der Waals surface area (Å²) in [6.07, 6.45) is 0.991. The van der Waals surface area contributed by atoms with Gasteiger partial charge in [0.25, 0.3) is 0 Å². The molecule has 0 aliphatic carbocycles. The fraction of sp³-hybridized carbons (Fsp3) is 0.688. The maximum atomic E-state index is 12.3. The number of anilines is 1. The number of ether oxygens (including phenoxy) is 1. The SMILES string of the molecule is Cc1nc(NC(=O)C2CCN(C(=O)OC(C)(C)C)CC2)sc1C. The number of amides is 2. The third-order valence-electron chi connectivity index (χ3n) is 3.78. The summed E-state index contributed by atoms with van der Waals surface area (Å²) in [5.74, 6) is -0.0965. The van der Waals surface area contributed by atoms with Crippen LogP contribution < -0.4 is 5.32 Å². The van der Waals surface area contributed by atoms with Crippen LogP contribution in [0.2, 0.25) is 0 Å². The van der Waals surface area contributed by atoms with Crippen molar-refractivity contribution in [2.45, 2.75) is 53.1 Å². The topological polar surface area (TPSA) is 71.5 Å². The van der Waals surface area contributed by atoms with E-state index in [-0.39, 0.29) is 17.9 Å². The number of aromatic nitrogens is 1. The summed E-state index contributed by atoms with van der Waals surface area (Å²) in [5.41, 5.74) is 0.455. The minimum atomic E-state index is -0.494. The van der Waals surface area contributed by atoms with E-state index in [0.29, 0.717) is 31.1 Å². The molecule has 7 heteroatoms. The predicted octanol–water partition coefficient (Wildman–Crippen LogP) is 3.35. The molecule has 23 heavy (non-hydrogen) atoms. The van der Waals surface area contributed by atoms with E-state index in [1.54, 1.807) is 4.90 Å². The van der Waals surface area contributed by atoms with Gasteiger partial charge in [-0.15, -0.1) is 11.3 Å². The molecule has 0 aromatic carbocycles. The zero-order valence-electron chi connectivity index (χ0n) is 14.4. The molecular formula is C16H25N3O3S. The highest BCUT2D eigenvalue weighted by Crippen LogP contribution is 2.24. The summed E-state index contributed by atoms with van der Waals surface area (Å²) < 4.78 is 5.36. The van der Waals surface area contributed by atoms with Crippen molar-refractivity contribution in [2.75, 3.05) is 18.4 Å². The Bertz CT molecular complexity index is 564. The second-order valence-corrected chi connectivity index (χ2v) is 8.09. The van der Waals surface area contributed by atoms with Gasteiger partial charge in [-0.3, -0.25) is 4.79 Å². The van der Waals surface area contributed by atoms with Crippen LogP contribution in [0.15, 0.2) is 0 Å². The Hall–Kier alpha value is -1.63. The van der Waals surface area contributed by atoms with Crippen molar-refractivity contribution >= 4 is 28.5 Å². The van der Waals surface area contributed by atoms with Crippen LogP contribution in [0, 0.1) is 19.8 Å². The molecule has 2 heterocycles. The zero-order chi connectivity index (χ0) is 17.2. The van der Waals surface area contributed by atoms with Gasteiger partial charge in [-0.25, -0.2) is 9.78 Å². The van der Waals surface area contributed by atoms with Crippen LogP contribution in [0.1, 0.15) is 44.2 Å². The van der Waals surface area contributed by atoms with Crippen molar-refractivity contribution in [3.63, 3.8) is 0 Å². The lowest BCUT2D eigenvalue weighted by atomic mass is 9.96. The van der Waals surface area contributed by atoms with E-state index in [0.717, 1.165) is 10.6 Å². The van der Waals surface area contributed by atoms with E-state index in [1.807, 2.05) is 34.6 Å². The summed E-state index contributed by atoms with van der Waals surface area (Å²) in [4.78, 5) is 31.4. The van der Waals surface area contributed by atoms with E-state index < -0.39 is 5.60 Å². The second-order valence-electron chi connectivity index (χ2n) is 6.89. The van der Waals surface area contributed by atoms with Crippen molar-refractivity contribution in [2.24, 2.45) is 5.92 Å². The number of aryl methyl sites for hydroxylation is 2. The van der Waals surface area contributed by atoms with E-state index in [2.05, 4.69) is 10.3 Å². The van der Waals surface area contributed by atoms with Gasteiger partial charge in [-0.2, -0.15) is 0 Å². The summed E-state index contributed by atoms with van der Waals surface area (Å²) in [6, 6.07) is 0. The molecule has 0 saturated carbocycles. The Morgan fingerprint density at radius 1 is 1.26 bits per heavy atom. The van der Waals surface area contributed by atoms with Gasteiger partial charge < -0.3 is 15.0 Å². The Kier molecular flexibility index (Phi) is 5.29. The molecule has 1 aliphatic rings. The molecule has 2 rings (SSSR count). The zero-order valence-corrected chi connectivity index (χ0v) is 15.2. The molecule has 1 aromatic rings. The van der Waals surface area contributed by atoms with Gasteiger partial charge in [0.05, 0.1) is 5.69 Å². The van der Waals surface area contributed by atoms with Gasteiger partial charge >= 0.3 is 6.09 Å². The fourth-order valence-corrected chi connectivity index (χ4v) is 3.20. The average molecular weight is 339 g/mol. The molecule has 128 valence electrons. The van der Waals surface area contributed by atoms with E-state index in [9.17, 15) is 9.59 Å². The summed E-state index contributed by atoms with van der Waals surface area (Å²) in [7, 11) is 0. The smallest absolute Gasteiger partial charge is 0.410 e. The predicted molar refractivity (Wildman–Crippen MR) is 90.7 cm³/mol. The number of piperidine rings is 1. The van der Waals surface area contributed by atoms with Gasteiger partial charge in [0.15, 0.2) is 5.13 Å². The number of rotatable bonds is 2. The molecular weight excluding hydrogens is 314 g/mol. The number of nitrogens with zero attached hydrogens (tertiary/aromatic N) is 2. The fourth-order valence-electron chi connectivity index (χ4n) is 2.38. The van der Waals surface area contributed by atoms with Crippen molar-refractivity contribution < 1.29 is 14.3 Å². The van der Waals surface area contributed by atoms with Gasteiger partial charge in [-0.1, -0.05) is 0 Å². The normalized spacial score (nSPS) is 16.3. The molecule has 0 bridgehead atoms. The summed E-state index contributed by atoms with van der Waals surface area (Å²) in [6.45, 7) is 10.6. The van der Waals surface area contributed by atoms with Crippen molar-refractivity contribution in [1.29, 1.82) is 0 Å². The summed E-state index contributed by atoms with van der Waals surface area (Å²) in [5, 5.41) is 3.54. The van der Waals surface area contributed by atoms with Gasteiger partial charge in [0.2, 0.25) is 5.91 Å². The lowest BCUT2D eigenvalue weighted by molar-refractivity contribution is -0.121. The Morgan fingerprint density at radius 3 is 2.35 bits per heavy atom. The lowest BCUT2D eigenvalue weighted by Crippen LogP contribution is -2.43. The van der Waals surface area contributed by atoms with Crippen LogP contribution in [0.3, 0.4) is 0 Å². The maximum Gasteiger partial charge on any atom is 0.410 e. The first-order valence-corrected chi connectivity index (χ1v) is 8.70. The molecule has 2 amide bonds. The minimum Gasteiger partial charge on any atom is -0.444 e. The van der Waals surface area contributed by atoms with Gasteiger partial charge in [0.1, 0.15) is 5.60 Å².